The first-order chi connectivity index (χ1) is 8.63. The van der Waals surface area contributed by atoms with E-state index in [2.05, 4.69) is 29.2 Å². The second-order valence-corrected chi connectivity index (χ2v) is 5.11. The molecule has 2 rings (SSSR count). The molecule has 1 aromatic rings. The van der Waals surface area contributed by atoms with Crippen molar-refractivity contribution in [2.24, 2.45) is 0 Å². The predicted molar refractivity (Wildman–Crippen MR) is 87.5 cm³/mol. The zero-order valence-electron chi connectivity index (χ0n) is 12.6. The zero-order valence-corrected chi connectivity index (χ0v) is 14.2. The molecule has 1 aromatic heterocycles. The third-order valence-corrected chi connectivity index (χ3v) is 3.81. The van der Waals surface area contributed by atoms with Gasteiger partial charge in [-0.25, -0.2) is 0 Å². The Kier molecular flexibility index (Phi) is 8.44. The lowest BCUT2D eigenvalue weighted by atomic mass is 10.1. The third-order valence-electron chi connectivity index (χ3n) is 3.81. The molecule has 20 heavy (non-hydrogen) atoms. The Morgan fingerprint density at radius 2 is 2.10 bits per heavy atom. The number of likely N-dealkylation sites (N-methyl/N-ethyl adjacent to an activating group) is 1. The van der Waals surface area contributed by atoms with E-state index in [1.165, 1.54) is 6.42 Å². The highest BCUT2D eigenvalue weighted by molar-refractivity contribution is 5.85. The molecule has 2 heterocycles. The number of methoxy groups -OCH3 is 1. The van der Waals surface area contributed by atoms with Crippen molar-refractivity contribution in [1.29, 1.82) is 0 Å². The van der Waals surface area contributed by atoms with Crippen LogP contribution in [0, 0.1) is 13.8 Å². The number of hydrogen-bond donors (Lipinski definition) is 1. The summed E-state index contributed by atoms with van der Waals surface area (Å²) in [6.45, 7) is 7.22. The van der Waals surface area contributed by atoms with Crippen LogP contribution in [-0.4, -0.2) is 43.2 Å². The Hall–Kier alpha value is -0.550. The van der Waals surface area contributed by atoms with Gasteiger partial charge in [0.25, 0.3) is 0 Å². The Balaban J connectivity index is 0.00000180. The molecule has 1 aliphatic rings. The third kappa shape index (κ3) is 4.22. The Bertz CT molecular complexity index is 423. The second kappa shape index (κ2) is 8.67. The summed E-state index contributed by atoms with van der Waals surface area (Å²) in [4.78, 5) is 6.93. The van der Waals surface area contributed by atoms with Crippen molar-refractivity contribution in [3.63, 3.8) is 0 Å². The molecule has 0 bridgehead atoms. The van der Waals surface area contributed by atoms with Crippen LogP contribution in [0.1, 0.15) is 23.2 Å². The molecule has 0 amide bonds. The van der Waals surface area contributed by atoms with Gasteiger partial charge in [0.15, 0.2) is 0 Å². The molecule has 0 aromatic carbocycles. The number of pyridine rings is 1. The molecule has 0 aliphatic carbocycles. The fourth-order valence-corrected chi connectivity index (χ4v) is 2.61. The van der Waals surface area contributed by atoms with Crippen molar-refractivity contribution in [1.82, 2.24) is 15.2 Å². The molecule has 1 aliphatic heterocycles. The maximum absolute atomic E-state index is 5.45. The highest BCUT2D eigenvalue weighted by atomic mass is 35.5. The molecular formula is C14H25Cl2N3O. The van der Waals surface area contributed by atoms with Gasteiger partial charge in [0.05, 0.1) is 12.8 Å². The van der Waals surface area contributed by atoms with Gasteiger partial charge in [0.1, 0.15) is 5.75 Å². The average Bonchev–Trinajstić information content (AvgIpc) is 2.87. The highest BCUT2D eigenvalue weighted by Crippen LogP contribution is 2.25. The van der Waals surface area contributed by atoms with Crippen LogP contribution in [0.25, 0.3) is 0 Å². The van der Waals surface area contributed by atoms with E-state index in [0.717, 1.165) is 42.2 Å². The van der Waals surface area contributed by atoms with Gasteiger partial charge in [-0.15, -0.1) is 24.8 Å². The lowest BCUT2D eigenvalue weighted by Gasteiger charge is -2.24. The Morgan fingerprint density at radius 3 is 2.65 bits per heavy atom. The van der Waals surface area contributed by atoms with Gasteiger partial charge >= 0.3 is 0 Å². The number of rotatable bonds is 4. The van der Waals surface area contributed by atoms with E-state index in [1.807, 2.05) is 13.1 Å². The smallest absolute Gasteiger partial charge is 0.128 e. The number of nitrogens with one attached hydrogen (secondary N) is 1. The standard InChI is InChI=1S/C14H23N3O.2ClH/c1-10-7-16-13(11(2)14(10)18-4)9-17(3)12-5-6-15-8-12;;/h7,12,15H,5-6,8-9H2,1-4H3;2*1H. The minimum atomic E-state index is 0. The van der Waals surface area contributed by atoms with Crippen LogP contribution in [0.5, 0.6) is 5.75 Å². The first kappa shape index (κ1) is 19.4. The molecule has 1 atom stereocenters. The van der Waals surface area contributed by atoms with Crippen molar-refractivity contribution in [2.75, 3.05) is 27.2 Å². The van der Waals surface area contributed by atoms with E-state index in [9.17, 15) is 0 Å². The number of hydrogen-bond acceptors (Lipinski definition) is 4. The minimum absolute atomic E-state index is 0. The van der Waals surface area contributed by atoms with Gasteiger partial charge in [-0.2, -0.15) is 0 Å². The van der Waals surface area contributed by atoms with Gasteiger partial charge in [0.2, 0.25) is 0 Å². The molecule has 4 nitrogen and oxygen atoms in total. The first-order valence-corrected chi connectivity index (χ1v) is 6.53. The average molecular weight is 322 g/mol. The predicted octanol–water partition coefficient (Wildman–Crippen LogP) is 2.34. The monoisotopic (exact) mass is 321 g/mol. The molecule has 0 radical (unpaired) electrons. The van der Waals surface area contributed by atoms with E-state index in [0.29, 0.717) is 6.04 Å². The van der Waals surface area contributed by atoms with Gasteiger partial charge < -0.3 is 10.1 Å². The van der Waals surface area contributed by atoms with Crippen LogP contribution in [0.4, 0.5) is 0 Å². The van der Waals surface area contributed by atoms with Crippen LogP contribution in [0.2, 0.25) is 0 Å². The molecule has 0 spiro atoms. The maximum atomic E-state index is 5.45. The maximum Gasteiger partial charge on any atom is 0.128 e. The summed E-state index contributed by atoms with van der Waals surface area (Å²) in [6.07, 6.45) is 3.13. The number of ether oxygens (including phenoxy) is 1. The van der Waals surface area contributed by atoms with Gasteiger partial charge in [-0.1, -0.05) is 0 Å². The number of halogens is 2. The van der Waals surface area contributed by atoms with Gasteiger partial charge in [0, 0.05) is 36.5 Å². The molecular weight excluding hydrogens is 297 g/mol. The summed E-state index contributed by atoms with van der Waals surface area (Å²) in [6, 6.07) is 0.624. The number of aryl methyl sites for hydroxylation is 1. The summed E-state index contributed by atoms with van der Waals surface area (Å²) < 4.78 is 5.45. The molecule has 116 valence electrons. The normalized spacial score (nSPS) is 17.6. The van der Waals surface area contributed by atoms with Crippen molar-refractivity contribution >= 4 is 24.8 Å². The minimum Gasteiger partial charge on any atom is -0.496 e. The molecule has 1 unspecified atom stereocenters. The topological polar surface area (TPSA) is 37.4 Å². The van der Waals surface area contributed by atoms with Crippen LogP contribution in [-0.2, 0) is 6.54 Å². The second-order valence-electron chi connectivity index (χ2n) is 5.11. The summed E-state index contributed by atoms with van der Waals surface area (Å²) in [5, 5.41) is 3.40. The molecule has 6 heteroatoms. The van der Waals surface area contributed by atoms with Crippen LogP contribution < -0.4 is 10.1 Å². The van der Waals surface area contributed by atoms with E-state index < -0.39 is 0 Å². The fourth-order valence-electron chi connectivity index (χ4n) is 2.61. The van der Waals surface area contributed by atoms with Crippen LogP contribution in [0.15, 0.2) is 6.20 Å². The van der Waals surface area contributed by atoms with Crippen molar-refractivity contribution in [3.05, 3.63) is 23.0 Å². The lowest BCUT2D eigenvalue weighted by Crippen LogP contribution is -2.33. The summed E-state index contributed by atoms with van der Waals surface area (Å²) in [7, 11) is 3.90. The highest BCUT2D eigenvalue weighted by Gasteiger charge is 2.20. The summed E-state index contributed by atoms with van der Waals surface area (Å²) in [5.41, 5.74) is 3.38. The van der Waals surface area contributed by atoms with Crippen molar-refractivity contribution in [2.45, 2.75) is 32.9 Å². The molecule has 1 N–H and O–H groups in total. The van der Waals surface area contributed by atoms with Crippen molar-refractivity contribution < 1.29 is 4.74 Å². The van der Waals surface area contributed by atoms with E-state index in [-0.39, 0.29) is 24.8 Å². The van der Waals surface area contributed by atoms with Gasteiger partial charge in [-0.3, -0.25) is 9.88 Å². The summed E-state index contributed by atoms with van der Waals surface area (Å²) >= 11 is 0. The SMILES string of the molecule is COc1c(C)cnc(CN(C)C2CCNC2)c1C.Cl.Cl. The van der Waals surface area contributed by atoms with E-state index >= 15 is 0 Å². The lowest BCUT2D eigenvalue weighted by molar-refractivity contribution is 0.245. The fraction of sp³-hybridized carbons (Fsp3) is 0.643. The molecule has 0 saturated carbocycles. The first-order valence-electron chi connectivity index (χ1n) is 6.53. The number of aromatic nitrogens is 1. The van der Waals surface area contributed by atoms with Crippen molar-refractivity contribution in [3.8, 4) is 5.75 Å². The molecule has 1 fully saturated rings. The van der Waals surface area contributed by atoms with E-state index in [4.69, 9.17) is 4.74 Å². The quantitative estimate of drug-likeness (QED) is 0.923. The largest absolute Gasteiger partial charge is 0.496 e. The van der Waals surface area contributed by atoms with Crippen LogP contribution in [0.3, 0.4) is 0 Å². The summed E-state index contributed by atoms with van der Waals surface area (Å²) in [5.74, 6) is 0.970. The Labute approximate surface area is 134 Å². The Morgan fingerprint density at radius 1 is 1.40 bits per heavy atom. The van der Waals surface area contributed by atoms with Crippen LogP contribution >= 0.6 is 24.8 Å². The molecule has 1 saturated heterocycles. The van der Waals surface area contributed by atoms with Gasteiger partial charge in [-0.05, 0) is 33.9 Å². The zero-order chi connectivity index (χ0) is 13.1. The van der Waals surface area contributed by atoms with E-state index in [1.54, 1.807) is 7.11 Å². The number of nitrogens with zero attached hydrogens (tertiary/aromatic N) is 2.